The Kier molecular flexibility index (Phi) is 5.79. The largest absolute Gasteiger partial charge is 0.369 e. The molecule has 0 saturated carbocycles. The first-order valence-electron chi connectivity index (χ1n) is 10.9. The molecule has 0 bridgehead atoms. The van der Waals surface area contributed by atoms with Crippen LogP contribution in [0.25, 0.3) is 0 Å². The van der Waals surface area contributed by atoms with E-state index in [0.29, 0.717) is 31.2 Å². The van der Waals surface area contributed by atoms with Crippen LogP contribution in [-0.2, 0) is 27.2 Å². The lowest BCUT2D eigenvalue weighted by molar-refractivity contribution is -0.152. The van der Waals surface area contributed by atoms with Crippen LogP contribution in [0.4, 0.5) is 5.82 Å². The zero-order chi connectivity index (χ0) is 22.2. The number of fused-ring (bicyclic) bond motifs is 1. The fraction of sp³-hybridized carbons (Fsp3) is 0.500. The molecule has 1 aromatic heterocycles. The number of ether oxygens (including phenoxy) is 1. The molecule has 0 aliphatic carbocycles. The van der Waals surface area contributed by atoms with Crippen molar-refractivity contribution in [3.05, 3.63) is 53.0 Å². The van der Waals surface area contributed by atoms with Gasteiger partial charge in [-0.2, -0.15) is 0 Å². The highest BCUT2D eigenvalue weighted by Gasteiger charge is 2.41. The van der Waals surface area contributed by atoms with E-state index in [0.717, 1.165) is 30.5 Å². The lowest BCUT2D eigenvalue weighted by Gasteiger charge is -2.32. The van der Waals surface area contributed by atoms with Gasteiger partial charge < -0.3 is 9.64 Å². The molecular formula is C24H30N4O3. The Bertz CT molecular complexity index is 990. The number of hydrogen-bond donors (Lipinski definition) is 0. The minimum absolute atomic E-state index is 0.0559. The first-order chi connectivity index (χ1) is 14.8. The van der Waals surface area contributed by atoms with Crippen molar-refractivity contribution in [2.45, 2.75) is 58.1 Å². The van der Waals surface area contributed by atoms with Gasteiger partial charge in [-0.25, -0.2) is 9.97 Å². The van der Waals surface area contributed by atoms with Crippen molar-refractivity contribution in [3.63, 3.8) is 0 Å². The van der Waals surface area contributed by atoms with Crippen LogP contribution in [0.1, 0.15) is 55.4 Å². The zero-order valence-electron chi connectivity index (χ0n) is 18.7. The Labute approximate surface area is 183 Å². The number of carbonyl (C=O) groups excluding carboxylic acids is 2. The van der Waals surface area contributed by atoms with Crippen LogP contribution in [0.3, 0.4) is 0 Å². The summed E-state index contributed by atoms with van der Waals surface area (Å²) in [6.07, 6.45) is 2.80. The predicted octanol–water partition coefficient (Wildman–Crippen LogP) is 3.01. The molecule has 7 nitrogen and oxygen atoms in total. The second kappa shape index (κ2) is 8.38. The monoisotopic (exact) mass is 422 g/mol. The number of hydrogen-bond acceptors (Lipinski definition) is 5. The molecule has 1 unspecified atom stereocenters. The van der Waals surface area contributed by atoms with Crippen LogP contribution in [0.15, 0.2) is 30.3 Å². The normalized spacial score (nSPS) is 18.6. The van der Waals surface area contributed by atoms with E-state index in [1.165, 1.54) is 5.56 Å². The predicted molar refractivity (Wildman–Crippen MR) is 118 cm³/mol. The third-order valence-electron chi connectivity index (χ3n) is 6.40. The molecule has 7 heteroatoms. The summed E-state index contributed by atoms with van der Waals surface area (Å²) in [7, 11) is 1.55. The van der Waals surface area contributed by atoms with Gasteiger partial charge in [0, 0.05) is 31.5 Å². The summed E-state index contributed by atoms with van der Waals surface area (Å²) >= 11 is 0. The molecule has 2 aliphatic rings. The van der Waals surface area contributed by atoms with Crippen molar-refractivity contribution in [2.24, 2.45) is 0 Å². The van der Waals surface area contributed by atoms with Crippen molar-refractivity contribution in [1.82, 2.24) is 14.9 Å². The van der Waals surface area contributed by atoms with E-state index in [4.69, 9.17) is 14.7 Å². The Hall–Kier alpha value is -2.80. The Balaban J connectivity index is 1.61. The third-order valence-corrected chi connectivity index (χ3v) is 6.40. The second-order valence-corrected chi connectivity index (χ2v) is 8.80. The number of likely N-dealkylation sites (tertiary alicyclic amines) is 1. The van der Waals surface area contributed by atoms with E-state index in [9.17, 15) is 9.59 Å². The number of aryl methyl sites for hydroxylation is 1. The van der Waals surface area contributed by atoms with Gasteiger partial charge in [-0.1, -0.05) is 30.3 Å². The van der Waals surface area contributed by atoms with Gasteiger partial charge in [0.1, 0.15) is 11.4 Å². The maximum Gasteiger partial charge on any atom is 0.254 e. The Morgan fingerprint density at radius 1 is 1.23 bits per heavy atom. The number of carbonyl (C=O) groups is 2. The van der Waals surface area contributed by atoms with Crippen molar-refractivity contribution >= 4 is 17.6 Å². The number of aromatic nitrogens is 2. The number of amides is 2. The standard InChI is InChI=1S/C24H30N4O3/c1-16-18-15-20(29)28(14-12-17-9-6-5-7-10-17)22(18)26-21(25-16)19-11-8-13-27(19)23(30)24(2,3)31-4/h5-7,9-10,19H,8,11-15H2,1-4H3. The Morgan fingerprint density at radius 3 is 2.68 bits per heavy atom. The van der Waals surface area contributed by atoms with E-state index in [1.54, 1.807) is 25.9 Å². The smallest absolute Gasteiger partial charge is 0.254 e. The van der Waals surface area contributed by atoms with Crippen LogP contribution in [-0.4, -0.2) is 52.5 Å². The van der Waals surface area contributed by atoms with Crippen molar-refractivity contribution in [3.8, 4) is 0 Å². The number of benzene rings is 1. The summed E-state index contributed by atoms with van der Waals surface area (Å²) in [4.78, 5) is 39.0. The number of rotatable bonds is 6. The van der Waals surface area contributed by atoms with Crippen LogP contribution in [0.5, 0.6) is 0 Å². The molecule has 0 N–H and O–H groups in total. The van der Waals surface area contributed by atoms with E-state index in [1.807, 2.05) is 30.0 Å². The molecule has 0 spiro atoms. The van der Waals surface area contributed by atoms with E-state index in [-0.39, 0.29) is 17.9 Å². The lowest BCUT2D eigenvalue weighted by atomic mass is 10.1. The topological polar surface area (TPSA) is 75.6 Å². The summed E-state index contributed by atoms with van der Waals surface area (Å²) in [5, 5.41) is 0. The van der Waals surface area contributed by atoms with Gasteiger partial charge in [0.25, 0.3) is 5.91 Å². The van der Waals surface area contributed by atoms with Crippen LogP contribution in [0.2, 0.25) is 0 Å². The minimum atomic E-state index is -0.897. The molecule has 0 radical (unpaired) electrons. The van der Waals surface area contributed by atoms with Crippen molar-refractivity contribution < 1.29 is 14.3 Å². The van der Waals surface area contributed by atoms with Gasteiger partial charge in [0.2, 0.25) is 5.91 Å². The van der Waals surface area contributed by atoms with Gasteiger partial charge >= 0.3 is 0 Å². The highest BCUT2D eigenvalue weighted by molar-refractivity contribution is 6.00. The molecular weight excluding hydrogens is 392 g/mol. The van der Waals surface area contributed by atoms with Gasteiger partial charge in [-0.05, 0) is 45.6 Å². The highest BCUT2D eigenvalue weighted by atomic mass is 16.5. The van der Waals surface area contributed by atoms with E-state index < -0.39 is 5.60 Å². The maximum atomic E-state index is 13.1. The molecule has 2 aliphatic heterocycles. The molecule has 1 saturated heterocycles. The molecule has 1 fully saturated rings. The van der Waals surface area contributed by atoms with E-state index >= 15 is 0 Å². The SMILES string of the molecule is COC(C)(C)C(=O)N1CCCC1c1nc(C)c2c(n1)N(CCc1ccccc1)C(=O)C2. The summed E-state index contributed by atoms with van der Waals surface area (Å²) in [6.45, 7) is 6.73. The van der Waals surface area contributed by atoms with E-state index in [2.05, 4.69) is 12.1 Å². The average molecular weight is 423 g/mol. The maximum absolute atomic E-state index is 13.1. The summed E-state index contributed by atoms with van der Waals surface area (Å²) < 4.78 is 5.41. The zero-order valence-corrected chi connectivity index (χ0v) is 18.7. The van der Waals surface area contributed by atoms with Crippen molar-refractivity contribution in [1.29, 1.82) is 0 Å². The second-order valence-electron chi connectivity index (χ2n) is 8.80. The molecule has 4 rings (SSSR count). The van der Waals surface area contributed by atoms with Crippen LogP contribution >= 0.6 is 0 Å². The number of anilines is 1. The minimum Gasteiger partial charge on any atom is -0.369 e. The Morgan fingerprint density at radius 2 is 1.97 bits per heavy atom. The lowest BCUT2D eigenvalue weighted by Crippen LogP contribution is -2.46. The molecule has 31 heavy (non-hydrogen) atoms. The highest BCUT2D eigenvalue weighted by Crippen LogP contribution is 2.36. The summed E-state index contributed by atoms with van der Waals surface area (Å²) in [5.74, 6) is 1.32. The van der Waals surface area contributed by atoms with Crippen LogP contribution in [0, 0.1) is 6.92 Å². The first kappa shape index (κ1) is 21.4. The average Bonchev–Trinajstić information content (AvgIpc) is 3.37. The molecule has 1 atom stereocenters. The fourth-order valence-corrected chi connectivity index (χ4v) is 4.37. The fourth-order valence-electron chi connectivity index (χ4n) is 4.37. The third kappa shape index (κ3) is 4.06. The number of nitrogens with zero attached hydrogens (tertiary/aromatic N) is 4. The number of methoxy groups -OCH3 is 1. The van der Waals surface area contributed by atoms with Crippen LogP contribution < -0.4 is 4.90 Å². The van der Waals surface area contributed by atoms with Gasteiger partial charge in [0.05, 0.1) is 12.5 Å². The van der Waals surface area contributed by atoms with Gasteiger partial charge in [-0.3, -0.25) is 14.5 Å². The molecule has 1 aromatic carbocycles. The quantitative estimate of drug-likeness (QED) is 0.715. The summed E-state index contributed by atoms with van der Waals surface area (Å²) in [5.41, 5.74) is 2.01. The van der Waals surface area contributed by atoms with Gasteiger partial charge in [0.15, 0.2) is 5.82 Å². The first-order valence-corrected chi connectivity index (χ1v) is 10.9. The molecule has 2 aromatic rings. The summed E-state index contributed by atoms with van der Waals surface area (Å²) in [6, 6.07) is 9.94. The van der Waals surface area contributed by atoms with Gasteiger partial charge in [-0.15, -0.1) is 0 Å². The van der Waals surface area contributed by atoms with Crippen molar-refractivity contribution in [2.75, 3.05) is 25.1 Å². The molecule has 164 valence electrons. The molecule has 2 amide bonds. The molecule has 3 heterocycles.